The lowest BCUT2D eigenvalue weighted by atomic mass is 10.0. The van der Waals surface area contributed by atoms with Gasteiger partial charge in [-0.25, -0.2) is 0 Å². The first-order valence-corrected chi connectivity index (χ1v) is 10.5. The van der Waals surface area contributed by atoms with E-state index in [1.165, 1.54) is 6.08 Å². The fourth-order valence-corrected chi connectivity index (χ4v) is 4.34. The minimum Gasteiger partial charge on any atom is -0.480 e. The first kappa shape index (κ1) is 20.9. The highest BCUT2D eigenvalue weighted by molar-refractivity contribution is 6.24. The molecule has 4 aromatic rings. The molecule has 0 atom stereocenters. The number of nitrogens with one attached hydrogen (secondary N) is 1. The number of carbonyl (C=O) groups is 3. The lowest BCUT2D eigenvalue weighted by Gasteiger charge is -2.10. The zero-order valence-corrected chi connectivity index (χ0v) is 17.8. The van der Waals surface area contributed by atoms with Gasteiger partial charge in [-0.3, -0.25) is 14.4 Å². The molecule has 34 heavy (non-hydrogen) atoms. The van der Waals surface area contributed by atoms with Crippen LogP contribution in [0.4, 0.5) is 5.69 Å². The Hall–Kier alpha value is -4.96. The highest BCUT2D eigenvalue weighted by Crippen LogP contribution is 2.41. The predicted molar refractivity (Wildman–Crippen MR) is 127 cm³/mol. The number of benzene rings is 3. The van der Waals surface area contributed by atoms with Gasteiger partial charge in [0, 0.05) is 45.0 Å². The smallest absolute Gasteiger partial charge is 0.323 e. The van der Waals surface area contributed by atoms with Crippen molar-refractivity contribution in [1.82, 2.24) is 4.57 Å². The summed E-state index contributed by atoms with van der Waals surface area (Å²) in [4.78, 5) is 37.1. The fourth-order valence-electron chi connectivity index (χ4n) is 4.34. The van der Waals surface area contributed by atoms with E-state index in [9.17, 15) is 24.8 Å². The van der Waals surface area contributed by atoms with Crippen LogP contribution in [-0.4, -0.2) is 27.3 Å². The molecule has 1 aliphatic carbocycles. The van der Waals surface area contributed by atoms with Crippen molar-refractivity contribution >= 4 is 40.3 Å². The summed E-state index contributed by atoms with van der Waals surface area (Å²) in [7, 11) is 0. The molecule has 1 aromatic heterocycles. The molecule has 7 nitrogen and oxygen atoms in total. The van der Waals surface area contributed by atoms with Crippen LogP contribution in [0.25, 0.3) is 28.1 Å². The molecule has 0 fully saturated rings. The molecule has 0 spiro atoms. The zero-order valence-electron chi connectivity index (χ0n) is 17.8. The Bertz CT molecular complexity index is 1590. The third kappa shape index (κ3) is 3.44. The van der Waals surface area contributed by atoms with E-state index in [1.807, 2.05) is 18.2 Å². The number of para-hydroxylation sites is 1. The molecule has 1 heterocycles. The lowest BCUT2D eigenvalue weighted by Crippen LogP contribution is -2.14. The summed E-state index contributed by atoms with van der Waals surface area (Å²) in [5, 5.41) is 22.4. The summed E-state index contributed by atoms with van der Waals surface area (Å²) in [5.74, 6) is -1.73. The van der Waals surface area contributed by atoms with Crippen LogP contribution in [0.15, 0.2) is 78.5 Å². The molecule has 0 aliphatic heterocycles. The van der Waals surface area contributed by atoms with Crippen LogP contribution in [-0.2, 0) is 16.1 Å². The minimum absolute atomic E-state index is 0.107. The van der Waals surface area contributed by atoms with E-state index < -0.39 is 11.9 Å². The van der Waals surface area contributed by atoms with Gasteiger partial charge in [-0.15, -0.1) is 0 Å². The molecule has 164 valence electrons. The molecule has 1 amide bonds. The first-order valence-electron chi connectivity index (χ1n) is 10.5. The van der Waals surface area contributed by atoms with Gasteiger partial charge in [0.1, 0.15) is 18.2 Å². The van der Waals surface area contributed by atoms with E-state index in [0.717, 1.165) is 10.9 Å². The van der Waals surface area contributed by atoms with E-state index in [0.29, 0.717) is 33.5 Å². The van der Waals surface area contributed by atoms with Gasteiger partial charge in [0.2, 0.25) is 0 Å². The molecule has 1 aliphatic rings. The van der Waals surface area contributed by atoms with Crippen LogP contribution < -0.4 is 5.32 Å². The zero-order chi connectivity index (χ0) is 23.8. The summed E-state index contributed by atoms with van der Waals surface area (Å²) >= 11 is 0. The van der Waals surface area contributed by atoms with Crippen LogP contribution in [0, 0.1) is 11.3 Å². The normalized spacial score (nSPS) is 12.2. The van der Waals surface area contributed by atoms with Crippen molar-refractivity contribution in [3.8, 4) is 17.2 Å². The second-order valence-corrected chi connectivity index (χ2v) is 7.85. The second-order valence-electron chi connectivity index (χ2n) is 7.85. The summed E-state index contributed by atoms with van der Waals surface area (Å²) < 4.78 is 1.56. The van der Waals surface area contributed by atoms with Crippen LogP contribution in [0.2, 0.25) is 0 Å². The number of carbonyl (C=O) groups excluding carboxylic acids is 2. The van der Waals surface area contributed by atoms with Crippen LogP contribution in [0.5, 0.6) is 0 Å². The Balaban J connectivity index is 1.53. The first-order chi connectivity index (χ1) is 16.5. The van der Waals surface area contributed by atoms with Crippen LogP contribution in [0.1, 0.15) is 21.5 Å². The van der Waals surface area contributed by atoms with Crippen molar-refractivity contribution < 1.29 is 19.5 Å². The number of aliphatic carboxylic acids is 1. The van der Waals surface area contributed by atoms with Gasteiger partial charge in [-0.2, -0.15) is 5.26 Å². The van der Waals surface area contributed by atoms with Crippen molar-refractivity contribution in [2.24, 2.45) is 0 Å². The number of fused-ring (bicyclic) bond motifs is 4. The van der Waals surface area contributed by atoms with E-state index in [2.05, 4.69) is 5.32 Å². The van der Waals surface area contributed by atoms with Gasteiger partial charge in [0.25, 0.3) is 5.91 Å². The number of rotatable bonds is 5. The number of nitriles is 1. The number of amides is 1. The highest BCUT2D eigenvalue weighted by atomic mass is 16.4. The summed E-state index contributed by atoms with van der Waals surface area (Å²) in [5.41, 5.74) is 3.97. The van der Waals surface area contributed by atoms with Crippen molar-refractivity contribution in [3.63, 3.8) is 0 Å². The van der Waals surface area contributed by atoms with Crippen molar-refractivity contribution in [3.05, 3.63) is 95.2 Å². The van der Waals surface area contributed by atoms with Crippen LogP contribution in [0.3, 0.4) is 0 Å². The SMILES string of the molecule is N#CC(=Cc1cn(CC(=O)O)c2ccccc12)C(=O)Nc1cccc2c1-c1ccccc1C2=O. The van der Waals surface area contributed by atoms with Crippen molar-refractivity contribution in [1.29, 1.82) is 5.26 Å². The number of anilines is 1. The highest BCUT2D eigenvalue weighted by Gasteiger charge is 2.29. The standard InChI is InChI=1S/C27H17N3O4/c28-13-16(12-17-14-30(15-24(31)32)23-11-4-3-6-18(17)23)27(34)29-22-10-5-9-21-25(22)19-7-1-2-8-20(19)26(21)33/h1-12,14H,15H2,(H,29,34)(H,31,32). The minimum atomic E-state index is -0.998. The largest absolute Gasteiger partial charge is 0.480 e. The second kappa shape index (κ2) is 8.19. The molecule has 3 aromatic carbocycles. The van der Waals surface area contributed by atoms with Gasteiger partial charge in [0.15, 0.2) is 5.78 Å². The third-order valence-electron chi connectivity index (χ3n) is 5.79. The molecule has 2 N–H and O–H groups in total. The van der Waals surface area contributed by atoms with Gasteiger partial charge >= 0.3 is 5.97 Å². The summed E-state index contributed by atoms with van der Waals surface area (Å²) in [6.07, 6.45) is 3.05. The number of carboxylic acid groups (broad SMARTS) is 1. The number of ketones is 1. The topological polar surface area (TPSA) is 112 Å². The molecule has 0 bridgehead atoms. The number of hydrogen-bond acceptors (Lipinski definition) is 4. The number of nitrogens with zero attached hydrogens (tertiary/aromatic N) is 2. The van der Waals surface area contributed by atoms with Gasteiger partial charge in [0.05, 0.1) is 0 Å². The monoisotopic (exact) mass is 447 g/mol. The quantitative estimate of drug-likeness (QED) is 0.305. The number of hydrogen-bond donors (Lipinski definition) is 2. The van der Waals surface area contributed by atoms with Gasteiger partial charge < -0.3 is 15.0 Å². The maximum absolute atomic E-state index is 13.1. The lowest BCUT2D eigenvalue weighted by molar-refractivity contribution is -0.137. The van der Waals surface area contributed by atoms with Crippen molar-refractivity contribution in [2.45, 2.75) is 6.54 Å². The number of carboxylic acids is 1. The Kier molecular flexibility index (Phi) is 5.04. The Morgan fingerprint density at radius 1 is 0.971 bits per heavy atom. The average molecular weight is 447 g/mol. The van der Waals surface area contributed by atoms with Crippen LogP contribution >= 0.6 is 0 Å². The average Bonchev–Trinajstić information content (AvgIpc) is 3.33. The molecule has 7 heteroatoms. The predicted octanol–water partition coefficient (Wildman–Crippen LogP) is 4.48. The Morgan fingerprint density at radius 3 is 2.44 bits per heavy atom. The molecule has 0 saturated carbocycles. The van der Waals surface area contributed by atoms with Gasteiger partial charge in [-0.05, 0) is 23.8 Å². The summed E-state index contributed by atoms with van der Waals surface area (Å²) in [6.45, 7) is -0.244. The maximum atomic E-state index is 13.1. The van der Waals surface area contributed by atoms with E-state index in [-0.39, 0.29) is 17.9 Å². The van der Waals surface area contributed by atoms with E-state index in [4.69, 9.17) is 0 Å². The molecule has 5 rings (SSSR count). The molecule has 0 saturated heterocycles. The number of aromatic nitrogens is 1. The molecule has 0 unspecified atom stereocenters. The molecular weight excluding hydrogens is 430 g/mol. The Labute approximate surface area is 194 Å². The molecule has 0 radical (unpaired) electrons. The Morgan fingerprint density at radius 2 is 1.68 bits per heavy atom. The van der Waals surface area contributed by atoms with E-state index in [1.54, 1.807) is 65.4 Å². The third-order valence-corrected chi connectivity index (χ3v) is 5.79. The van der Waals surface area contributed by atoms with E-state index >= 15 is 0 Å². The van der Waals surface area contributed by atoms with Gasteiger partial charge in [-0.1, -0.05) is 54.6 Å². The molecular formula is C27H17N3O4. The fraction of sp³-hybridized carbons (Fsp3) is 0.0370. The van der Waals surface area contributed by atoms with Crippen molar-refractivity contribution in [2.75, 3.05) is 5.32 Å². The maximum Gasteiger partial charge on any atom is 0.323 e. The summed E-state index contributed by atoms with van der Waals surface area (Å²) in [6, 6.07) is 21.4.